The van der Waals surface area contributed by atoms with Crippen LogP contribution in [0.1, 0.15) is 75.6 Å². The number of aryl methyl sites for hydroxylation is 1. The van der Waals surface area contributed by atoms with E-state index in [1.54, 1.807) is 12.0 Å². The number of fused-ring (bicyclic) bond motifs is 1. The van der Waals surface area contributed by atoms with E-state index in [-0.39, 0.29) is 22.8 Å². The van der Waals surface area contributed by atoms with Crippen molar-refractivity contribution in [2.24, 2.45) is 7.05 Å². The van der Waals surface area contributed by atoms with Crippen molar-refractivity contribution in [3.05, 3.63) is 58.8 Å². The molecule has 0 saturated carbocycles. The molecule has 2 amide bonds. The predicted molar refractivity (Wildman–Crippen MR) is 165 cm³/mol. The van der Waals surface area contributed by atoms with Crippen LogP contribution in [0.15, 0.2) is 36.4 Å². The van der Waals surface area contributed by atoms with Gasteiger partial charge in [-0.05, 0) is 41.0 Å². The van der Waals surface area contributed by atoms with E-state index in [9.17, 15) is 9.59 Å². The number of amides is 2. The second kappa shape index (κ2) is 11.8. The minimum atomic E-state index is -0.244. The van der Waals surface area contributed by atoms with E-state index in [0.29, 0.717) is 36.8 Å². The monoisotopic (exact) mass is 562 g/mol. The summed E-state index contributed by atoms with van der Waals surface area (Å²) in [7, 11) is 3.61. The molecule has 1 fully saturated rings. The third-order valence-electron chi connectivity index (χ3n) is 7.88. The molecule has 1 N–H and O–H groups in total. The van der Waals surface area contributed by atoms with E-state index in [1.807, 2.05) is 42.8 Å². The standard InChI is InChI=1S/C33H46N4O4/c1-10-41-31(39)37-16-14-36(15-17-37)21-23-13-11-12-22-18-27(35(8)28(22)23)30(38)34-26-20-24(32(2,3)4)19-25(29(26)40-9)33(5,6)7/h11-13,18-20H,10,14-17,21H2,1-9H3,(H,34,38). The van der Waals surface area contributed by atoms with Gasteiger partial charge in [0.1, 0.15) is 11.4 Å². The van der Waals surface area contributed by atoms with Crippen LogP contribution in [0.4, 0.5) is 10.5 Å². The Hall–Kier alpha value is -3.52. The zero-order chi connectivity index (χ0) is 30.1. The van der Waals surface area contributed by atoms with E-state index in [1.165, 1.54) is 0 Å². The summed E-state index contributed by atoms with van der Waals surface area (Å²) in [5.41, 5.74) is 5.39. The molecule has 3 aromatic rings. The van der Waals surface area contributed by atoms with Gasteiger partial charge in [-0.3, -0.25) is 9.69 Å². The number of para-hydroxylation sites is 1. The average Bonchev–Trinajstić information content (AvgIpc) is 3.25. The summed E-state index contributed by atoms with van der Waals surface area (Å²) in [6.07, 6.45) is -0.244. The number of piperazine rings is 1. The molecule has 4 rings (SSSR count). The van der Waals surface area contributed by atoms with Crippen LogP contribution < -0.4 is 10.1 Å². The fourth-order valence-corrected chi connectivity index (χ4v) is 5.51. The lowest BCUT2D eigenvalue weighted by Crippen LogP contribution is -2.48. The van der Waals surface area contributed by atoms with Crippen molar-refractivity contribution in [2.75, 3.05) is 45.2 Å². The topological polar surface area (TPSA) is 76.0 Å². The quantitative estimate of drug-likeness (QED) is 0.381. The SMILES string of the molecule is CCOC(=O)N1CCN(Cc2cccc3cc(C(=O)Nc4cc(C(C)(C)C)cc(C(C)(C)C)c4OC)n(C)c23)CC1. The highest BCUT2D eigenvalue weighted by Crippen LogP contribution is 2.41. The van der Waals surface area contributed by atoms with Gasteiger partial charge in [0.15, 0.2) is 0 Å². The Labute approximate surface area is 244 Å². The van der Waals surface area contributed by atoms with Crippen molar-refractivity contribution in [3.63, 3.8) is 0 Å². The van der Waals surface area contributed by atoms with Crippen LogP contribution in [0, 0.1) is 0 Å². The third-order valence-corrected chi connectivity index (χ3v) is 7.88. The predicted octanol–water partition coefficient (Wildman–Crippen LogP) is 6.31. The van der Waals surface area contributed by atoms with E-state index < -0.39 is 0 Å². The molecular weight excluding hydrogens is 516 g/mol. The van der Waals surface area contributed by atoms with E-state index >= 15 is 0 Å². The first-order valence-electron chi connectivity index (χ1n) is 14.5. The zero-order valence-corrected chi connectivity index (χ0v) is 26.2. The number of rotatable bonds is 6. The number of anilines is 1. The molecule has 1 aromatic heterocycles. The van der Waals surface area contributed by atoms with Crippen molar-refractivity contribution >= 4 is 28.6 Å². The first-order chi connectivity index (χ1) is 19.2. The molecule has 41 heavy (non-hydrogen) atoms. The molecular formula is C33H46N4O4. The number of ether oxygens (including phenoxy) is 2. The highest BCUT2D eigenvalue weighted by atomic mass is 16.6. The number of hydrogen-bond donors (Lipinski definition) is 1. The molecule has 222 valence electrons. The number of nitrogens with one attached hydrogen (secondary N) is 1. The zero-order valence-electron chi connectivity index (χ0n) is 26.2. The van der Waals surface area contributed by atoms with Crippen molar-refractivity contribution in [3.8, 4) is 5.75 Å². The minimum absolute atomic E-state index is 0.0951. The van der Waals surface area contributed by atoms with E-state index in [0.717, 1.165) is 47.2 Å². The molecule has 0 bridgehead atoms. The summed E-state index contributed by atoms with van der Waals surface area (Å²) in [5.74, 6) is 0.516. The van der Waals surface area contributed by atoms with Crippen molar-refractivity contribution in [1.29, 1.82) is 0 Å². The summed E-state index contributed by atoms with van der Waals surface area (Å²) < 4.78 is 13.0. The molecule has 0 spiro atoms. The third kappa shape index (κ3) is 6.53. The number of nitrogens with zero attached hydrogens (tertiary/aromatic N) is 3. The second-order valence-corrected chi connectivity index (χ2v) is 13.0. The van der Waals surface area contributed by atoms with Crippen LogP contribution in [0.2, 0.25) is 0 Å². The summed E-state index contributed by atoms with van der Waals surface area (Å²) in [6, 6.07) is 12.4. The number of carbonyl (C=O) groups excluding carboxylic acids is 2. The molecule has 1 saturated heterocycles. The lowest BCUT2D eigenvalue weighted by atomic mass is 9.79. The van der Waals surface area contributed by atoms with Crippen LogP contribution in [-0.4, -0.2) is 66.3 Å². The smallest absolute Gasteiger partial charge is 0.409 e. The largest absolute Gasteiger partial charge is 0.494 e. The summed E-state index contributed by atoms with van der Waals surface area (Å²) in [6.45, 7) is 18.8. The number of benzene rings is 2. The maximum absolute atomic E-state index is 13.8. The number of aromatic nitrogens is 1. The van der Waals surface area contributed by atoms with Gasteiger partial charge in [0, 0.05) is 50.7 Å². The lowest BCUT2D eigenvalue weighted by molar-refractivity contribution is 0.0779. The Morgan fingerprint density at radius 1 is 0.951 bits per heavy atom. The van der Waals surface area contributed by atoms with Crippen LogP contribution in [0.3, 0.4) is 0 Å². The first-order valence-corrected chi connectivity index (χ1v) is 14.5. The van der Waals surface area contributed by atoms with Gasteiger partial charge in [-0.15, -0.1) is 0 Å². The van der Waals surface area contributed by atoms with Gasteiger partial charge >= 0.3 is 6.09 Å². The molecule has 0 atom stereocenters. The Morgan fingerprint density at radius 2 is 1.63 bits per heavy atom. The molecule has 0 unspecified atom stereocenters. The molecule has 2 heterocycles. The highest BCUT2D eigenvalue weighted by Gasteiger charge is 2.28. The normalized spacial score (nSPS) is 14.8. The van der Waals surface area contributed by atoms with Gasteiger partial charge in [0.05, 0.1) is 24.9 Å². The van der Waals surface area contributed by atoms with Gasteiger partial charge in [0.2, 0.25) is 0 Å². The Bertz CT molecular complexity index is 1420. The number of methoxy groups -OCH3 is 1. The summed E-state index contributed by atoms with van der Waals surface area (Å²) in [5, 5.41) is 4.21. The molecule has 8 nitrogen and oxygen atoms in total. The fraction of sp³-hybridized carbons (Fsp3) is 0.515. The van der Waals surface area contributed by atoms with Crippen LogP contribution in [0.5, 0.6) is 5.75 Å². The van der Waals surface area contributed by atoms with Gasteiger partial charge in [-0.2, -0.15) is 0 Å². The first kappa shape index (κ1) is 30.4. The van der Waals surface area contributed by atoms with Gasteiger partial charge in [0.25, 0.3) is 5.91 Å². The molecule has 2 aromatic carbocycles. The highest BCUT2D eigenvalue weighted by molar-refractivity contribution is 6.07. The Morgan fingerprint density at radius 3 is 2.22 bits per heavy atom. The average molecular weight is 563 g/mol. The van der Waals surface area contributed by atoms with E-state index in [2.05, 4.69) is 63.9 Å². The fourth-order valence-electron chi connectivity index (χ4n) is 5.51. The van der Waals surface area contributed by atoms with Gasteiger partial charge in [-0.25, -0.2) is 4.79 Å². The van der Waals surface area contributed by atoms with Crippen molar-refractivity contribution in [1.82, 2.24) is 14.4 Å². The van der Waals surface area contributed by atoms with Crippen LogP contribution in [0.25, 0.3) is 10.9 Å². The lowest BCUT2D eigenvalue weighted by Gasteiger charge is -2.34. The summed E-state index contributed by atoms with van der Waals surface area (Å²) >= 11 is 0. The van der Waals surface area contributed by atoms with Crippen LogP contribution >= 0.6 is 0 Å². The number of hydrogen-bond acceptors (Lipinski definition) is 5. The molecule has 0 radical (unpaired) electrons. The van der Waals surface area contributed by atoms with Gasteiger partial charge < -0.3 is 24.3 Å². The van der Waals surface area contributed by atoms with Crippen molar-refractivity contribution < 1.29 is 19.1 Å². The maximum Gasteiger partial charge on any atom is 0.409 e. The molecule has 1 aliphatic heterocycles. The number of carbonyl (C=O) groups is 2. The molecule has 8 heteroatoms. The van der Waals surface area contributed by atoms with Crippen molar-refractivity contribution in [2.45, 2.75) is 65.8 Å². The minimum Gasteiger partial charge on any atom is -0.494 e. The van der Waals surface area contributed by atoms with Gasteiger partial charge in [-0.1, -0.05) is 65.8 Å². The second-order valence-electron chi connectivity index (χ2n) is 13.0. The Kier molecular flexibility index (Phi) is 8.73. The summed E-state index contributed by atoms with van der Waals surface area (Å²) in [4.78, 5) is 30.0. The van der Waals surface area contributed by atoms with Crippen LogP contribution in [-0.2, 0) is 29.2 Å². The molecule has 0 aliphatic carbocycles. The maximum atomic E-state index is 13.8. The Balaban J connectivity index is 1.62. The molecule has 1 aliphatic rings. The van der Waals surface area contributed by atoms with E-state index in [4.69, 9.17) is 9.47 Å².